The normalized spacial score (nSPS) is 14.9. The van der Waals surface area contributed by atoms with Crippen molar-refractivity contribution in [2.75, 3.05) is 10.6 Å². The third-order valence-electron chi connectivity index (χ3n) is 4.46. The molecule has 2 amide bonds. The lowest BCUT2D eigenvalue weighted by Crippen LogP contribution is -2.19. The van der Waals surface area contributed by atoms with E-state index in [-0.39, 0.29) is 12.1 Å². The van der Waals surface area contributed by atoms with Gasteiger partial charge in [-0.3, -0.25) is 10.4 Å². The Bertz CT molecular complexity index is 848. The molecule has 1 saturated carbocycles. The molecule has 128 valence electrons. The highest BCUT2D eigenvalue weighted by Crippen LogP contribution is 2.40. The fourth-order valence-electron chi connectivity index (χ4n) is 2.93. The average molecular weight is 336 g/mol. The van der Waals surface area contributed by atoms with Crippen molar-refractivity contribution in [3.63, 3.8) is 0 Å². The SMILES string of the molecule is C[C@H](c1ccc(NC(=O)Nc2ccn[nH]2)cc1)n1ccnc1C1CC1. The fraction of sp³-hybridized carbons (Fsp3) is 0.278. The number of imidazole rings is 1. The average Bonchev–Trinajstić information content (AvgIpc) is 3.12. The molecule has 2 heterocycles. The molecular weight excluding hydrogens is 316 g/mol. The fourth-order valence-corrected chi connectivity index (χ4v) is 2.93. The topological polar surface area (TPSA) is 87.6 Å². The lowest BCUT2D eigenvalue weighted by atomic mass is 10.1. The molecule has 3 N–H and O–H groups in total. The van der Waals surface area contributed by atoms with Crippen molar-refractivity contribution in [3.8, 4) is 0 Å². The zero-order valence-corrected chi connectivity index (χ0v) is 13.9. The van der Waals surface area contributed by atoms with Gasteiger partial charge >= 0.3 is 6.03 Å². The van der Waals surface area contributed by atoms with E-state index in [1.807, 2.05) is 36.7 Å². The first kappa shape index (κ1) is 15.4. The summed E-state index contributed by atoms with van der Waals surface area (Å²) >= 11 is 0. The Morgan fingerprint density at radius 3 is 2.68 bits per heavy atom. The van der Waals surface area contributed by atoms with E-state index in [4.69, 9.17) is 0 Å². The van der Waals surface area contributed by atoms with Crippen molar-refractivity contribution >= 4 is 17.5 Å². The molecule has 1 aliphatic carbocycles. The Hall–Kier alpha value is -3.09. The van der Waals surface area contributed by atoms with Crippen LogP contribution in [0.3, 0.4) is 0 Å². The van der Waals surface area contributed by atoms with Gasteiger partial charge in [0.05, 0.1) is 12.2 Å². The molecule has 4 rings (SSSR count). The maximum absolute atomic E-state index is 11.9. The Morgan fingerprint density at radius 1 is 1.20 bits per heavy atom. The molecule has 0 bridgehead atoms. The van der Waals surface area contributed by atoms with Crippen molar-refractivity contribution in [2.24, 2.45) is 0 Å². The lowest BCUT2D eigenvalue weighted by Gasteiger charge is -2.17. The number of aromatic nitrogens is 4. The van der Waals surface area contributed by atoms with Crippen LogP contribution in [-0.2, 0) is 0 Å². The van der Waals surface area contributed by atoms with Crippen LogP contribution in [0.1, 0.15) is 43.1 Å². The maximum atomic E-state index is 11.9. The number of amides is 2. The number of nitrogens with zero attached hydrogens (tertiary/aromatic N) is 3. The summed E-state index contributed by atoms with van der Waals surface area (Å²) in [6.07, 6.45) is 7.97. The largest absolute Gasteiger partial charge is 0.327 e. The van der Waals surface area contributed by atoms with E-state index in [1.54, 1.807) is 12.3 Å². The highest BCUT2D eigenvalue weighted by molar-refractivity contribution is 5.99. The molecule has 7 nitrogen and oxygen atoms in total. The molecule has 25 heavy (non-hydrogen) atoms. The van der Waals surface area contributed by atoms with E-state index < -0.39 is 0 Å². The van der Waals surface area contributed by atoms with E-state index in [0.29, 0.717) is 11.7 Å². The van der Waals surface area contributed by atoms with Crippen LogP contribution in [0.25, 0.3) is 0 Å². The van der Waals surface area contributed by atoms with Crippen LogP contribution in [0.4, 0.5) is 16.3 Å². The lowest BCUT2D eigenvalue weighted by molar-refractivity contribution is 0.262. The number of H-pyrrole nitrogens is 1. The van der Waals surface area contributed by atoms with Gasteiger partial charge in [0.2, 0.25) is 0 Å². The summed E-state index contributed by atoms with van der Waals surface area (Å²) in [7, 11) is 0. The van der Waals surface area contributed by atoms with Gasteiger partial charge in [-0.1, -0.05) is 12.1 Å². The first-order valence-electron chi connectivity index (χ1n) is 8.41. The van der Waals surface area contributed by atoms with Gasteiger partial charge in [0, 0.05) is 30.1 Å². The summed E-state index contributed by atoms with van der Waals surface area (Å²) in [5.41, 5.74) is 1.92. The van der Waals surface area contributed by atoms with Gasteiger partial charge in [0.1, 0.15) is 11.6 Å². The number of hydrogen-bond donors (Lipinski definition) is 3. The van der Waals surface area contributed by atoms with Crippen molar-refractivity contribution in [1.29, 1.82) is 0 Å². The number of benzene rings is 1. The molecule has 1 aliphatic rings. The van der Waals surface area contributed by atoms with Gasteiger partial charge in [-0.15, -0.1) is 0 Å². The van der Waals surface area contributed by atoms with Gasteiger partial charge in [-0.05, 0) is 37.5 Å². The van der Waals surface area contributed by atoms with E-state index >= 15 is 0 Å². The third-order valence-corrected chi connectivity index (χ3v) is 4.46. The van der Waals surface area contributed by atoms with Crippen LogP contribution in [0.2, 0.25) is 0 Å². The molecule has 0 spiro atoms. The molecule has 7 heteroatoms. The molecule has 0 saturated heterocycles. The Kier molecular flexibility index (Phi) is 3.97. The highest BCUT2D eigenvalue weighted by Gasteiger charge is 2.29. The smallest absolute Gasteiger partial charge is 0.324 e. The quantitative estimate of drug-likeness (QED) is 0.663. The minimum atomic E-state index is -0.310. The zero-order chi connectivity index (χ0) is 17.2. The van der Waals surface area contributed by atoms with Crippen molar-refractivity contribution in [2.45, 2.75) is 31.7 Å². The molecule has 0 radical (unpaired) electrons. The van der Waals surface area contributed by atoms with Crippen molar-refractivity contribution in [1.82, 2.24) is 19.7 Å². The second-order valence-electron chi connectivity index (χ2n) is 6.31. The second-order valence-corrected chi connectivity index (χ2v) is 6.31. The summed E-state index contributed by atoms with van der Waals surface area (Å²) in [5.74, 6) is 2.34. The molecule has 1 aromatic carbocycles. The van der Waals surface area contributed by atoms with Gasteiger partial charge < -0.3 is 9.88 Å². The molecule has 1 atom stereocenters. The number of anilines is 2. The maximum Gasteiger partial charge on any atom is 0.324 e. The van der Waals surface area contributed by atoms with Crippen molar-refractivity contribution in [3.05, 3.63) is 60.3 Å². The van der Waals surface area contributed by atoms with Crippen LogP contribution >= 0.6 is 0 Å². The summed E-state index contributed by atoms with van der Waals surface area (Å²) < 4.78 is 2.24. The number of hydrogen-bond acceptors (Lipinski definition) is 3. The second kappa shape index (κ2) is 6.43. The monoisotopic (exact) mass is 336 g/mol. The van der Waals surface area contributed by atoms with Gasteiger partial charge in [-0.25, -0.2) is 9.78 Å². The van der Waals surface area contributed by atoms with E-state index in [1.165, 1.54) is 24.2 Å². The van der Waals surface area contributed by atoms with Gasteiger partial charge in [-0.2, -0.15) is 5.10 Å². The summed E-state index contributed by atoms with van der Waals surface area (Å²) in [6.45, 7) is 2.17. The van der Waals surface area contributed by atoms with Crippen molar-refractivity contribution < 1.29 is 4.79 Å². The summed E-state index contributed by atoms with van der Waals surface area (Å²) in [5, 5.41) is 11.9. The van der Waals surface area contributed by atoms with Crippen LogP contribution in [0.5, 0.6) is 0 Å². The highest BCUT2D eigenvalue weighted by atomic mass is 16.2. The number of rotatable bonds is 5. The van der Waals surface area contributed by atoms with Gasteiger partial charge in [0.15, 0.2) is 0 Å². The Morgan fingerprint density at radius 2 is 2.00 bits per heavy atom. The predicted octanol–water partition coefficient (Wildman–Crippen LogP) is 3.74. The minimum absolute atomic E-state index is 0.214. The predicted molar refractivity (Wildman–Crippen MR) is 95.7 cm³/mol. The molecule has 0 unspecified atom stereocenters. The van der Waals surface area contributed by atoms with Crippen LogP contribution in [-0.4, -0.2) is 25.8 Å². The van der Waals surface area contributed by atoms with Crippen LogP contribution < -0.4 is 10.6 Å². The first-order valence-corrected chi connectivity index (χ1v) is 8.41. The third kappa shape index (κ3) is 3.40. The van der Waals surface area contributed by atoms with E-state index in [0.717, 1.165) is 5.69 Å². The van der Waals surface area contributed by atoms with E-state index in [2.05, 4.69) is 37.3 Å². The first-order chi connectivity index (χ1) is 12.2. The van der Waals surface area contributed by atoms with Crippen LogP contribution in [0, 0.1) is 0 Å². The molecular formula is C18H20N6O. The van der Waals surface area contributed by atoms with Crippen LogP contribution in [0.15, 0.2) is 48.9 Å². The van der Waals surface area contributed by atoms with Gasteiger partial charge in [0.25, 0.3) is 0 Å². The zero-order valence-electron chi connectivity index (χ0n) is 13.9. The number of carbonyl (C=O) groups is 1. The Labute approximate surface area is 145 Å². The molecule has 2 aromatic heterocycles. The number of nitrogens with one attached hydrogen (secondary N) is 3. The molecule has 3 aromatic rings. The summed E-state index contributed by atoms with van der Waals surface area (Å²) in [4.78, 5) is 16.4. The van der Waals surface area contributed by atoms with E-state index in [9.17, 15) is 4.79 Å². The number of carbonyl (C=O) groups excluding carboxylic acids is 1. The molecule has 1 fully saturated rings. The summed E-state index contributed by atoms with van der Waals surface area (Å²) in [6, 6.07) is 9.48. The molecule has 0 aliphatic heterocycles. The number of urea groups is 1. The number of aromatic amines is 1. The minimum Gasteiger partial charge on any atom is -0.327 e. The Balaban J connectivity index is 1.42. The standard InChI is InChI=1S/C18H20N6O/c1-12(24-11-10-19-17(24)14-2-3-14)13-4-6-15(7-5-13)21-18(25)22-16-8-9-20-23-16/h4-12,14H,2-3H2,1H3,(H3,20,21,22,23,25)/t12-/m1/s1.